The first-order valence-corrected chi connectivity index (χ1v) is 25.2. The number of pyridine rings is 1. The van der Waals surface area contributed by atoms with Crippen LogP contribution in [0.15, 0.2) is 83.4 Å². The van der Waals surface area contributed by atoms with E-state index in [1.54, 1.807) is 30.5 Å². The number of carbonyl (C=O) groups excluding carboxylic acids is 1. The summed E-state index contributed by atoms with van der Waals surface area (Å²) in [7, 11) is -4.87. The quantitative estimate of drug-likeness (QED) is 0.0890. The average Bonchev–Trinajstić information content (AvgIpc) is 3.80. The van der Waals surface area contributed by atoms with E-state index in [0.717, 1.165) is 43.5 Å². The van der Waals surface area contributed by atoms with Crippen LogP contribution >= 0.6 is 11.6 Å². The van der Waals surface area contributed by atoms with Gasteiger partial charge in [0.05, 0.1) is 33.7 Å². The van der Waals surface area contributed by atoms with Crippen LogP contribution < -0.4 is 29.3 Å². The molecule has 10 rings (SSSR count). The summed E-state index contributed by atoms with van der Waals surface area (Å²) in [5, 5.41) is 16.8. The molecule has 2 aromatic heterocycles. The Morgan fingerprint density at radius 2 is 1.77 bits per heavy atom. The number of aromatic amines is 1. The summed E-state index contributed by atoms with van der Waals surface area (Å²) in [6, 6.07) is 17.6. The van der Waals surface area contributed by atoms with E-state index in [1.165, 1.54) is 22.1 Å². The number of piperazine rings is 1. The summed E-state index contributed by atoms with van der Waals surface area (Å²) in [4.78, 5) is 38.6. The molecule has 16 nitrogen and oxygen atoms in total. The molecule has 0 saturated carbocycles. The number of sulfonamides is 1. The van der Waals surface area contributed by atoms with Crippen molar-refractivity contribution in [2.24, 2.45) is 11.3 Å². The Morgan fingerprint density at radius 3 is 2.50 bits per heavy atom. The largest absolute Gasteiger partial charge is 0.489 e. The maximum absolute atomic E-state index is 14.7. The molecule has 1 aliphatic carbocycles. The van der Waals surface area contributed by atoms with Crippen LogP contribution in [0.4, 0.5) is 41.6 Å². The van der Waals surface area contributed by atoms with Gasteiger partial charge < -0.3 is 34.3 Å². The number of benzene rings is 3. The molecule has 0 bridgehead atoms. The first kappa shape index (κ1) is 47.6. The number of nitrogens with zero attached hydrogens (tertiary/aromatic N) is 5. The molecule has 0 radical (unpaired) electrons. The van der Waals surface area contributed by atoms with Crippen LogP contribution in [-0.4, -0.2) is 112 Å². The smallest absolute Gasteiger partial charge is 0.427 e. The first-order valence-electron chi connectivity index (χ1n) is 23.3. The van der Waals surface area contributed by atoms with Gasteiger partial charge in [0, 0.05) is 80.4 Å². The Morgan fingerprint density at radius 1 is 1.01 bits per heavy atom. The Kier molecular flexibility index (Phi) is 12.6. The van der Waals surface area contributed by atoms with Gasteiger partial charge in [-0.1, -0.05) is 43.2 Å². The highest BCUT2D eigenvalue weighted by Crippen LogP contribution is 2.46. The van der Waals surface area contributed by atoms with Crippen LogP contribution in [0.25, 0.3) is 16.6 Å². The minimum atomic E-state index is -4.87. The average molecular weight is 1010 g/mol. The number of rotatable bonds is 10. The maximum atomic E-state index is 14.7. The second kappa shape index (κ2) is 18.6. The number of alkyl halides is 3. The van der Waals surface area contributed by atoms with Crippen LogP contribution in [0, 0.1) is 21.4 Å². The number of nitrogens with one attached hydrogen (secondary N) is 3. The lowest BCUT2D eigenvalue weighted by Gasteiger charge is -2.40. The molecule has 4 aliphatic heterocycles. The lowest BCUT2D eigenvalue weighted by molar-refractivity contribution is -0.384. The Bertz CT molecular complexity index is 2990. The van der Waals surface area contributed by atoms with Crippen LogP contribution in [0.5, 0.6) is 11.6 Å². The van der Waals surface area contributed by atoms with Crippen LogP contribution in [-0.2, 0) is 14.8 Å². The van der Waals surface area contributed by atoms with Gasteiger partial charge >= 0.3 is 6.18 Å². The van der Waals surface area contributed by atoms with Gasteiger partial charge in [0.15, 0.2) is 11.4 Å². The number of amides is 1. The van der Waals surface area contributed by atoms with Crippen LogP contribution in [0.1, 0.15) is 61.9 Å². The highest BCUT2D eigenvalue weighted by atomic mass is 35.5. The number of nitro groups is 1. The van der Waals surface area contributed by atoms with E-state index >= 15 is 0 Å². The van der Waals surface area contributed by atoms with Crippen LogP contribution in [0.3, 0.4) is 0 Å². The topological polar surface area (TPSA) is 184 Å². The zero-order valence-electron chi connectivity index (χ0n) is 38.5. The van der Waals surface area contributed by atoms with Crippen molar-refractivity contribution in [3.63, 3.8) is 0 Å². The van der Waals surface area contributed by atoms with Crippen molar-refractivity contribution in [1.82, 2.24) is 19.6 Å². The van der Waals surface area contributed by atoms with E-state index in [4.69, 9.17) is 25.8 Å². The van der Waals surface area contributed by atoms with Gasteiger partial charge in [0.1, 0.15) is 17.9 Å². The maximum Gasteiger partial charge on any atom is 0.427 e. The van der Waals surface area contributed by atoms with Gasteiger partial charge in [-0.05, 0) is 97.0 Å². The van der Waals surface area contributed by atoms with Crippen LogP contribution in [0.2, 0.25) is 5.02 Å². The third-order valence-corrected chi connectivity index (χ3v) is 15.7. The standard InChI is InChI=1S/C49H52ClF3N8O8S/c1-48(2)13-9-32(37(25-48)29-3-5-33(50)6-4-29)26-58-15-17-59(18-16-58)34-7-8-36(39(22-34)60-27-43(49(51,52)53)69-47-41(60)21-31-10-14-54-45(31)56-47)46(62)57-70(65,66)35-23-40(61(63)64)44-42(24-35)68-28-38(55-44)30-11-19-67-20-12-30/h3-8,10,14,21-24,30,38,43,55H,9,11-13,15-20,25-28H2,1-2H3,(H,54,56)(H,57,62)/t38-,43+/m1/s1. The Hall–Kier alpha value is -6.09. The molecule has 2 fully saturated rings. The summed E-state index contributed by atoms with van der Waals surface area (Å²) >= 11 is 6.25. The fourth-order valence-corrected chi connectivity index (χ4v) is 11.4. The third-order valence-electron chi connectivity index (χ3n) is 14.2. The molecule has 0 spiro atoms. The van der Waals surface area contributed by atoms with Crippen molar-refractivity contribution < 1.29 is 45.5 Å². The molecule has 2 saturated heterocycles. The van der Waals surface area contributed by atoms with Gasteiger partial charge in [-0.25, -0.2) is 13.1 Å². The van der Waals surface area contributed by atoms with Crippen molar-refractivity contribution >= 4 is 72.6 Å². The van der Waals surface area contributed by atoms with Gasteiger partial charge in [-0.3, -0.25) is 19.8 Å². The number of ether oxygens (including phenoxy) is 3. The summed E-state index contributed by atoms with van der Waals surface area (Å²) < 4.78 is 91.3. The molecule has 1 amide bonds. The Labute approximate surface area is 407 Å². The number of anilines is 4. The molecule has 6 heterocycles. The summed E-state index contributed by atoms with van der Waals surface area (Å²) in [5.41, 5.74) is 4.16. The van der Waals surface area contributed by atoms with E-state index in [1.807, 2.05) is 16.9 Å². The second-order valence-corrected chi connectivity index (χ2v) is 21.5. The van der Waals surface area contributed by atoms with Gasteiger partial charge in [-0.2, -0.15) is 18.2 Å². The molecule has 0 unspecified atom stereocenters. The van der Waals surface area contributed by atoms with E-state index in [-0.39, 0.29) is 63.9 Å². The Balaban J connectivity index is 0.962. The molecule has 2 atom stereocenters. The fourth-order valence-electron chi connectivity index (χ4n) is 10.2. The predicted octanol–water partition coefficient (Wildman–Crippen LogP) is 9.09. The number of aromatic nitrogens is 2. The fraction of sp³-hybridized carbons (Fsp3) is 0.429. The SMILES string of the molecule is CC1(C)CCC(CN2CCN(c3ccc(C(=O)NS(=O)(=O)c4cc5c(c([N+](=O)[O-])c4)N[C@@H](C4CCOCC4)CO5)c(N4C[C@@H](C(F)(F)F)Oc5nc6[nH]ccc6cc54)c3)CC2)=C(c2ccc(Cl)cc2)C1. The lowest BCUT2D eigenvalue weighted by Crippen LogP contribution is -2.48. The zero-order valence-corrected chi connectivity index (χ0v) is 40.1. The molecule has 370 valence electrons. The van der Waals surface area contributed by atoms with Crippen molar-refractivity contribution in [2.45, 2.75) is 69.2 Å². The van der Waals surface area contributed by atoms with Gasteiger partial charge in [-0.15, -0.1) is 0 Å². The minimum Gasteiger partial charge on any atom is -0.489 e. The van der Waals surface area contributed by atoms with Crippen molar-refractivity contribution in [3.8, 4) is 11.6 Å². The van der Waals surface area contributed by atoms with Gasteiger partial charge in [0.25, 0.3) is 21.6 Å². The summed E-state index contributed by atoms with van der Waals surface area (Å²) in [6.45, 7) is 8.19. The molecule has 5 aliphatic rings. The molecular formula is C49H52ClF3N8O8S. The number of allylic oxidation sites excluding steroid dienone is 1. The minimum absolute atomic E-state index is 0.0184. The summed E-state index contributed by atoms with van der Waals surface area (Å²) in [5.74, 6) is -1.49. The molecule has 3 aromatic carbocycles. The second-order valence-electron chi connectivity index (χ2n) is 19.4. The van der Waals surface area contributed by atoms with Crippen molar-refractivity contribution in [3.05, 3.63) is 105 Å². The highest BCUT2D eigenvalue weighted by Gasteiger charge is 2.47. The molecule has 3 N–H and O–H groups in total. The van der Waals surface area contributed by atoms with E-state index in [9.17, 15) is 36.5 Å². The number of fused-ring (bicyclic) bond motifs is 3. The van der Waals surface area contributed by atoms with Gasteiger partial charge in [0.2, 0.25) is 12.0 Å². The van der Waals surface area contributed by atoms with Crippen molar-refractivity contribution in [1.29, 1.82) is 0 Å². The highest BCUT2D eigenvalue weighted by molar-refractivity contribution is 7.90. The van der Waals surface area contributed by atoms with E-state index < -0.39 is 50.3 Å². The normalized spacial score (nSPS) is 21.1. The number of H-pyrrole nitrogens is 1. The number of halogens is 4. The third kappa shape index (κ3) is 9.70. The lowest BCUT2D eigenvalue weighted by atomic mass is 9.72. The first-order chi connectivity index (χ1) is 33.4. The number of nitro benzene ring substituents is 1. The van der Waals surface area contributed by atoms with Crippen molar-refractivity contribution in [2.75, 3.05) is 74.2 Å². The molecule has 5 aromatic rings. The number of hydrogen-bond acceptors (Lipinski definition) is 13. The van der Waals surface area contributed by atoms with E-state index in [2.05, 4.69) is 51.1 Å². The summed E-state index contributed by atoms with van der Waals surface area (Å²) in [6.07, 6.45) is -1.26. The number of hydrogen-bond donors (Lipinski definition) is 3. The molecule has 70 heavy (non-hydrogen) atoms. The van der Waals surface area contributed by atoms with E-state index in [0.29, 0.717) is 68.3 Å². The predicted molar refractivity (Wildman–Crippen MR) is 259 cm³/mol. The molecular weight excluding hydrogens is 953 g/mol. The zero-order chi connectivity index (χ0) is 49.1. The monoisotopic (exact) mass is 1000 g/mol. The molecule has 21 heteroatoms. The number of carbonyl (C=O) groups is 1.